The van der Waals surface area contributed by atoms with Crippen molar-refractivity contribution >= 4 is 0 Å². The van der Waals surface area contributed by atoms with Crippen LogP contribution in [0.1, 0.15) is 18.5 Å². The molecule has 0 spiro atoms. The molecule has 19 heavy (non-hydrogen) atoms. The number of halogens is 4. The summed E-state index contributed by atoms with van der Waals surface area (Å²) in [6, 6.07) is 4.26. The van der Waals surface area contributed by atoms with E-state index in [0.29, 0.717) is 17.7 Å². The molecule has 0 saturated heterocycles. The molecule has 0 radical (unpaired) electrons. The van der Waals surface area contributed by atoms with Crippen LogP contribution in [0.5, 0.6) is 0 Å². The summed E-state index contributed by atoms with van der Waals surface area (Å²) < 4.78 is 53.1. The maximum Gasteiger partial charge on any atom is 0.161 e. The van der Waals surface area contributed by atoms with Gasteiger partial charge in [0.15, 0.2) is 11.6 Å². The van der Waals surface area contributed by atoms with Crippen molar-refractivity contribution in [2.24, 2.45) is 5.73 Å². The van der Waals surface area contributed by atoms with E-state index in [1.807, 2.05) is 0 Å². The number of rotatable bonds is 2. The lowest BCUT2D eigenvalue weighted by atomic mass is 9.95. The van der Waals surface area contributed by atoms with E-state index >= 15 is 0 Å². The Bertz CT molecular complexity index is 623. The second-order valence-electron chi connectivity index (χ2n) is 4.27. The van der Waals surface area contributed by atoms with Crippen molar-refractivity contribution in [3.05, 3.63) is 59.2 Å². The molecule has 100 valence electrons. The number of hydrogen-bond donors (Lipinski definition) is 1. The summed E-state index contributed by atoms with van der Waals surface area (Å²) in [6.07, 6.45) is 0. The highest BCUT2D eigenvalue weighted by molar-refractivity contribution is 5.68. The van der Waals surface area contributed by atoms with E-state index < -0.39 is 29.3 Å². The highest BCUT2D eigenvalue weighted by Crippen LogP contribution is 2.31. The molecule has 2 rings (SSSR count). The SMILES string of the molecule is CC(N)c1ccc(F)cc1-c1cc(F)c(F)cc1F. The Kier molecular flexibility index (Phi) is 3.57. The van der Waals surface area contributed by atoms with Gasteiger partial charge in [-0.15, -0.1) is 0 Å². The van der Waals surface area contributed by atoms with Gasteiger partial charge in [0.1, 0.15) is 11.6 Å². The Hall–Kier alpha value is -1.88. The number of hydrogen-bond acceptors (Lipinski definition) is 1. The minimum absolute atomic E-state index is 0.117. The first-order valence-electron chi connectivity index (χ1n) is 5.60. The first kappa shape index (κ1) is 13.5. The third-order valence-corrected chi connectivity index (χ3v) is 2.81. The van der Waals surface area contributed by atoms with Crippen LogP contribution in [0.2, 0.25) is 0 Å². The Morgan fingerprint density at radius 2 is 1.47 bits per heavy atom. The van der Waals surface area contributed by atoms with E-state index in [4.69, 9.17) is 5.73 Å². The fourth-order valence-electron chi connectivity index (χ4n) is 1.89. The second-order valence-corrected chi connectivity index (χ2v) is 4.27. The van der Waals surface area contributed by atoms with Gasteiger partial charge in [0.05, 0.1) is 0 Å². The molecule has 0 bridgehead atoms. The molecule has 2 aromatic rings. The average molecular weight is 269 g/mol. The van der Waals surface area contributed by atoms with Crippen LogP contribution in [0.25, 0.3) is 11.1 Å². The largest absolute Gasteiger partial charge is 0.324 e. The molecule has 2 aromatic carbocycles. The van der Waals surface area contributed by atoms with Gasteiger partial charge in [-0.25, -0.2) is 17.6 Å². The highest BCUT2D eigenvalue weighted by atomic mass is 19.2. The molecule has 0 aliphatic heterocycles. The lowest BCUT2D eigenvalue weighted by Gasteiger charge is -2.14. The second kappa shape index (κ2) is 5.01. The molecule has 0 fully saturated rings. The van der Waals surface area contributed by atoms with Crippen LogP contribution < -0.4 is 5.73 Å². The zero-order valence-electron chi connectivity index (χ0n) is 10.1. The summed E-state index contributed by atoms with van der Waals surface area (Å²) in [5.41, 5.74) is 6.06. The lowest BCUT2D eigenvalue weighted by Crippen LogP contribution is -2.07. The minimum Gasteiger partial charge on any atom is -0.324 e. The van der Waals surface area contributed by atoms with E-state index in [1.54, 1.807) is 6.92 Å². The van der Waals surface area contributed by atoms with E-state index in [1.165, 1.54) is 12.1 Å². The molecule has 1 atom stereocenters. The van der Waals surface area contributed by atoms with Gasteiger partial charge in [-0.2, -0.15) is 0 Å². The van der Waals surface area contributed by atoms with Crippen LogP contribution in [0, 0.1) is 23.3 Å². The van der Waals surface area contributed by atoms with Crippen LogP contribution in [-0.4, -0.2) is 0 Å². The van der Waals surface area contributed by atoms with Gasteiger partial charge < -0.3 is 5.73 Å². The van der Waals surface area contributed by atoms with Gasteiger partial charge in [-0.05, 0) is 36.2 Å². The van der Waals surface area contributed by atoms with Gasteiger partial charge in [0.25, 0.3) is 0 Å². The molecule has 0 aliphatic carbocycles. The monoisotopic (exact) mass is 269 g/mol. The summed E-state index contributed by atoms with van der Waals surface area (Å²) in [5, 5.41) is 0. The molecule has 0 aromatic heterocycles. The van der Waals surface area contributed by atoms with Crippen LogP contribution in [0.4, 0.5) is 17.6 Å². The predicted octanol–water partition coefficient (Wildman–Crippen LogP) is 3.93. The third kappa shape index (κ3) is 2.61. The quantitative estimate of drug-likeness (QED) is 0.648. The minimum atomic E-state index is -1.29. The van der Waals surface area contributed by atoms with Crippen molar-refractivity contribution in [3.63, 3.8) is 0 Å². The molecular weight excluding hydrogens is 258 g/mol. The van der Waals surface area contributed by atoms with E-state index in [9.17, 15) is 17.6 Å². The van der Waals surface area contributed by atoms with Gasteiger partial charge in [-0.3, -0.25) is 0 Å². The van der Waals surface area contributed by atoms with Crippen LogP contribution in [-0.2, 0) is 0 Å². The molecule has 0 amide bonds. The summed E-state index contributed by atoms with van der Waals surface area (Å²) >= 11 is 0. The van der Waals surface area contributed by atoms with Crippen molar-refractivity contribution in [1.82, 2.24) is 0 Å². The molecule has 0 heterocycles. The van der Waals surface area contributed by atoms with Gasteiger partial charge in [0, 0.05) is 17.7 Å². The van der Waals surface area contributed by atoms with Crippen molar-refractivity contribution in [2.45, 2.75) is 13.0 Å². The molecule has 1 nitrogen and oxygen atoms in total. The van der Waals surface area contributed by atoms with Gasteiger partial charge >= 0.3 is 0 Å². The van der Waals surface area contributed by atoms with E-state index in [2.05, 4.69) is 0 Å². The Morgan fingerprint density at radius 1 is 0.842 bits per heavy atom. The van der Waals surface area contributed by atoms with Crippen molar-refractivity contribution in [3.8, 4) is 11.1 Å². The molecule has 5 heteroatoms. The highest BCUT2D eigenvalue weighted by Gasteiger charge is 2.16. The normalized spacial score (nSPS) is 12.5. The smallest absolute Gasteiger partial charge is 0.161 e. The van der Waals surface area contributed by atoms with Crippen molar-refractivity contribution < 1.29 is 17.6 Å². The Morgan fingerprint density at radius 3 is 2.11 bits per heavy atom. The summed E-state index contributed by atoms with van der Waals surface area (Å²) in [5.74, 6) is -4.06. The molecule has 1 unspecified atom stereocenters. The lowest BCUT2D eigenvalue weighted by molar-refractivity contribution is 0.496. The maximum atomic E-state index is 13.7. The third-order valence-electron chi connectivity index (χ3n) is 2.81. The summed E-state index contributed by atoms with van der Waals surface area (Å²) in [7, 11) is 0. The van der Waals surface area contributed by atoms with Gasteiger partial charge in [0.2, 0.25) is 0 Å². The standard InChI is InChI=1S/C14H11F4N/c1-7(19)9-3-2-8(15)4-10(9)11-5-13(17)14(18)6-12(11)16/h2-7H,19H2,1H3. The topological polar surface area (TPSA) is 26.0 Å². The molecule has 2 N–H and O–H groups in total. The molecular formula is C14H11F4N. The van der Waals surface area contributed by atoms with Crippen molar-refractivity contribution in [1.29, 1.82) is 0 Å². The zero-order valence-corrected chi connectivity index (χ0v) is 10.1. The maximum absolute atomic E-state index is 13.7. The average Bonchev–Trinajstić information content (AvgIpc) is 2.33. The molecule has 0 saturated carbocycles. The van der Waals surface area contributed by atoms with E-state index in [0.717, 1.165) is 6.07 Å². The van der Waals surface area contributed by atoms with Crippen LogP contribution >= 0.6 is 0 Å². The predicted molar refractivity (Wildman–Crippen MR) is 64.3 cm³/mol. The first-order valence-corrected chi connectivity index (χ1v) is 5.60. The number of benzene rings is 2. The fraction of sp³-hybridized carbons (Fsp3) is 0.143. The Labute approximate surface area is 107 Å². The zero-order chi connectivity index (χ0) is 14.2. The first-order chi connectivity index (χ1) is 8.90. The van der Waals surface area contributed by atoms with Crippen LogP contribution in [0.15, 0.2) is 30.3 Å². The summed E-state index contributed by atoms with van der Waals surface area (Å²) in [4.78, 5) is 0. The number of nitrogens with two attached hydrogens (primary N) is 1. The fourth-order valence-corrected chi connectivity index (χ4v) is 1.89. The Balaban J connectivity index is 2.71. The van der Waals surface area contributed by atoms with Crippen molar-refractivity contribution in [2.75, 3.05) is 0 Å². The van der Waals surface area contributed by atoms with E-state index in [-0.39, 0.29) is 11.1 Å². The van der Waals surface area contributed by atoms with Crippen LogP contribution in [0.3, 0.4) is 0 Å². The molecule has 0 aliphatic rings. The van der Waals surface area contributed by atoms with Gasteiger partial charge in [-0.1, -0.05) is 6.07 Å². The summed E-state index contributed by atoms with van der Waals surface area (Å²) in [6.45, 7) is 1.63.